The number of nitrogens with one attached hydrogen (secondary N) is 2. The maximum Gasteiger partial charge on any atom is 0.251 e. The van der Waals surface area contributed by atoms with Gasteiger partial charge in [-0.05, 0) is 57.4 Å². The summed E-state index contributed by atoms with van der Waals surface area (Å²) in [6.07, 6.45) is 1.59. The molecule has 0 bridgehead atoms. The van der Waals surface area contributed by atoms with Crippen molar-refractivity contribution in [3.63, 3.8) is 0 Å². The first-order valence-electron chi connectivity index (χ1n) is 9.63. The minimum Gasteiger partial charge on any atom is -0.496 e. The largest absolute Gasteiger partial charge is 0.496 e. The number of benzene rings is 3. The third kappa shape index (κ3) is 6.52. The molecule has 0 spiro atoms. The molecule has 0 aliphatic rings. The number of hydrogen-bond donors (Lipinski definition) is 2. The Morgan fingerprint density at radius 2 is 1.71 bits per heavy atom. The SMILES string of the molecule is COc1ccc(/C=N\NC(=O)C[C@@H](NC(=O)c2ccccc2)c2ccccc2)cc1Br. The Morgan fingerprint density at radius 1 is 1.03 bits per heavy atom. The summed E-state index contributed by atoms with van der Waals surface area (Å²) in [4.78, 5) is 25.1. The van der Waals surface area contributed by atoms with Crippen LogP contribution in [-0.2, 0) is 4.79 Å². The number of ether oxygens (including phenoxy) is 1. The molecular weight excluding hydrogens is 458 g/mol. The molecule has 158 valence electrons. The van der Waals surface area contributed by atoms with Crippen LogP contribution in [0.2, 0.25) is 0 Å². The molecular formula is C24H22BrN3O3. The molecule has 0 aromatic heterocycles. The fourth-order valence-electron chi connectivity index (χ4n) is 2.94. The number of halogens is 1. The molecule has 0 saturated carbocycles. The van der Waals surface area contributed by atoms with Crippen LogP contribution in [0.1, 0.15) is 33.9 Å². The summed E-state index contributed by atoms with van der Waals surface area (Å²) < 4.78 is 5.99. The third-order valence-electron chi connectivity index (χ3n) is 4.51. The number of carbonyl (C=O) groups is 2. The van der Waals surface area contributed by atoms with Gasteiger partial charge in [0.25, 0.3) is 5.91 Å². The number of nitrogens with zero attached hydrogens (tertiary/aromatic N) is 1. The molecule has 0 fully saturated rings. The van der Waals surface area contributed by atoms with E-state index in [1.807, 2.05) is 48.5 Å². The van der Waals surface area contributed by atoms with Crippen LogP contribution in [0.4, 0.5) is 0 Å². The van der Waals surface area contributed by atoms with Gasteiger partial charge in [-0.25, -0.2) is 5.43 Å². The van der Waals surface area contributed by atoms with Crippen LogP contribution in [0.15, 0.2) is 88.4 Å². The molecule has 1 atom stereocenters. The van der Waals surface area contributed by atoms with E-state index in [1.54, 1.807) is 43.7 Å². The highest BCUT2D eigenvalue weighted by Crippen LogP contribution is 2.24. The average molecular weight is 480 g/mol. The predicted molar refractivity (Wildman–Crippen MR) is 124 cm³/mol. The topological polar surface area (TPSA) is 79.8 Å². The molecule has 0 saturated heterocycles. The Bertz CT molecular complexity index is 1060. The second-order valence-corrected chi connectivity index (χ2v) is 7.55. The zero-order chi connectivity index (χ0) is 22.1. The van der Waals surface area contributed by atoms with Crippen LogP contribution < -0.4 is 15.5 Å². The highest BCUT2D eigenvalue weighted by Gasteiger charge is 2.19. The zero-order valence-electron chi connectivity index (χ0n) is 16.9. The van der Waals surface area contributed by atoms with Gasteiger partial charge in [-0.3, -0.25) is 9.59 Å². The van der Waals surface area contributed by atoms with E-state index >= 15 is 0 Å². The molecule has 7 heteroatoms. The van der Waals surface area contributed by atoms with Crippen LogP contribution >= 0.6 is 15.9 Å². The van der Waals surface area contributed by atoms with E-state index in [-0.39, 0.29) is 18.2 Å². The van der Waals surface area contributed by atoms with Crippen molar-refractivity contribution < 1.29 is 14.3 Å². The minimum absolute atomic E-state index is 0.0479. The molecule has 3 rings (SSSR count). The van der Waals surface area contributed by atoms with Gasteiger partial charge >= 0.3 is 0 Å². The van der Waals surface area contributed by atoms with Gasteiger partial charge in [0.15, 0.2) is 0 Å². The third-order valence-corrected chi connectivity index (χ3v) is 5.13. The van der Waals surface area contributed by atoms with E-state index in [0.717, 1.165) is 15.6 Å². The Morgan fingerprint density at radius 3 is 2.35 bits per heavy atom. The summed E-state index contributed by atoms with van der Waals surface area (Å²) in [6.45, 7) is 0. The van der Waals surface area contributed by atoms with E-state index in [4.69, 9.17) is 4.74 Å². The summed E-state index contributed by atoms with van der Waals surface area (Å²) in [5.41, 5.74) is 4.69. The average Bonchev–Trinajstić information content (AvgIpc) is 2.80. The van der Waals surface area contributed by atoms with E-state index in [9.17, 15) is 9.59 Å². The molecule has 6 nitrogen and oxygen atoms in total. The number of hydrazone groups is 1. The lowest BCUT2D eigenvalue weighted by Gasteiger charge is -2.18. The lowest BCUT2D eigenvalue weighted by atomic mass is 10.0. The van der Waals surface area contributed by atoms with Crippen LogP contribution in [0.5, 0.6) is 5.75 Å². The van der Waals surface area contributed by atoms with Gasteiger partial charge in [-0.1, -0.05) is 48.5 Å². The van der Waals surface area contributed by atoms with Gasteiger partial charge in [0.05, 0.1) is 30.3 Å². The molecule has 0 aliphatic heterocycles. The first kappa shape index (κ1) is 22.2. The summed E-state index contributed by atoms with van der Waals surface area (Å²) >= 11 is 3.41. The first-order valence-corrected chi connectivity index (χ1v) is 10.4. The van der Waals surface area contributed by atoms with E-state index in [0.29, 0.717) is 11.3 Å². The first-order chi connectivity index (χ1) is 15.1. The van der Waals surface area contributed by atoms with Gasteiger partial charge in [-0.2, -0.15) is 5.10 Å². The summed E-state index contributed by atoms with van der Waals surface area (Å²) in [7, 11) is 1.59. The molecule has 0 unspecified atom stereocenters. The monoisotopic (exact) mass is 479 g/mol. The number of carbonyl (C=O) groups excluding carboxylic acids is 2. The van der Waals surface area contributed by atoms with Gasteiger partial charge in [-0.15, -0.1) is 0 Å². The van der Waals surface area contributed by atoms with Gasteiger partial charge in [0, 0.05) is 5.56 Å². The molecule has 3 aromatic rings. The number of hydrogen-bond acceptors (Lipinski definition) is 4. The van der Waals surface area contributed by atoms with Crippen molar-refractivity contribution in [3.8, 4) is 5.75 Å². The molecule has 2 amide bonds. The molecule has 3 aromatic carbocycles. The summed E-state index contributed by atoms with van der Waals surface area (Å²) in [5, 5.41) is 6.96. The van der Waals surface area contributed by atoms with Crippen LogP contribution in [0, 0.1) is 0 Å². The minimum atomic E-state index is -0.487. The normalized spacial score (nSPS) is 11.7. The number of amides is 2. The smallest absolute Gasteiger partial charge is 0.251 e. The predicted octanol–water partition coefficient (Wildman–Crippen LogP) is 4.47. The Hall–Kier alpha value is -3.45. The maximum atomic E-state index is 12.6. The number of methoxy groups -OCH3 is 1. The Kier molecular flexibility index (Phi) is 7.95. The van der Waals surface area contributed by atoms with Crippen molar-refractivity contribution in [3.05, 3.63) is 100 Å². The van der Waals surface area contributed by atoms with Crippen molar-refractivity contribution >= 4 is 34.0 Å². The van der Waals surface area contributed by atoms with E-state index in [2.05, 4.69) is 31.8 Å². The molecule has 2 N–H and O–H groups in total. The fourth-order valence-corrected chi connectivity index (χ4v) is 3.50. The van der Waals surface area contributed by atoms with Crippen molar-refractivity contribution in [2.45, 2.75) is 12.5 Å². The van der Waals surface area contributed by atoms with Crippen molar-refractivity contribution in [2.75, 3.05) is 7.11 Å². The fraction of sp³-hybridized carbons (Fsp3) is 0.125. The molecule has 0 heterocycles. The maximum absolute atomic E-state index is 12.6. The second kappa shape index (κ2) is 11.1. The Balaban J connectivity index is 1.65. The summed E-state index contributed by atoms with van der Waals surface area (Å²) in [5.74, 6) is 0.154. The second-order valence-electron chi connectivity index (χ2n) is 6.69. The molecule has 31 heavy (non-hydrogen) atoms. The van der Waals surface area contributed by atoms with Gasteiger partial charge in [0.1, 0.15) is 5.75 Å². The quantitative estimate of drug-likeness (QED) is 0.369. The standard InChI is InChI=1S/C24H22BrN3O3/c1-31-22-13-12-17(14-20(22)25)16-26-28-23(29)15-21(18-8-4-2-5-9-18)27-24(30)19-10-6-3-7-11-19/h2-14,16,21H,15H2,1H3,(H,27,30)(H,28,29)/b26-16-/t21-/m1/s1. The number of rotatable bonds is 8. The van der Waals surface area contributed by atoms with Crippen molar-refractivity contribution in [2.24, 2.45) is 5.10 Å². The van der Waals surface area contributed by atoms with Gasteiger partial charge < -0.3 is 10.1 Å². The van der Waals surface area contributed by atoms with Crippen LogP contribution in [0.3, 0.4) is 0 Å². The molecule has 0 radical (unpaired) electrons. The summed E-state index contributed by atoms with van der Waals surface area (Å²) in [6, 6.07) is 23.3. The van der Waals surface area contributed by atoms with Crippen LogP contribution in [0.25, 0.3) is 0 Å². The van der Waals surface area contributed by atoms with Crippen LogP contribution in [-0.4, -0.2) is 25.1 Å². The van der Waals surface area contributed by atoms with Gasteiger partial charge in [0.2, 0.25) is 5.91 Å². The highest BCUT2D eigenvalue weighted by molar-refractivity contribution is 9.10. The zero-order valence-corrected chi connectivity index (χ0v) is 18.5. The van der Waals surface area contributed by atoms with Crippen molar-refractivity contribution in [1.29, 1.82) is 0 Å². The van der Waals surface area contributed by atoms with E-state index < -0.39 is 6.04 Å². The lowest BCUT2D eigenvalue weighted by molar-refractivity contribution is -0.121. The van der Waals surface area contributed by atoms with Crippen molar-refractivity contribution in [1.82, 2.24) is 10.7 Å². The molecule has 0 aliphatic carbocycles. The highest BCUT2D eigenvalue weighted by atomic mass is 79.9. The Labute approximate surface area is 189 Å². The lowest BCUT2D eigenvalue weighted by Crippen LogP contribution is -2.32. The van der Waals surface area contributed by atoms with E-state index in [1.165, 1.54) is 0 Å².